The lowest BCUT2D eigenvalue weighted by atomic mass is 10.2. The summed E-state index contributed by atoms with van der Waals surface area (Å²) in [5, 5.41) is 14.8. The average Bonchev–Trinajstić information content (AvgIpc) is 2.54. The number of nitrogens with zero attached hydrogens (tertiary/aromatic N) is 3. The lowest BCUT2D eigenvalue weighted by molar-refractivity contribution is 0.0934. The minimum absolute atomic E-state index is 0.0847. The van der Waals surface area contributed by atoms with E-state index in [1.807, 2.05) is 19.9 Å². The van der Waals surface area contributed by atoms with Crippen molar-refractivity contribution in [2.24, 2.45) is 0 Å². The number of nitriles is 1. The van der Waals surface area contributed by atoms with Crippen molar-refractivity contribution in [2.45, 2.75) is 33.2 Å². The molecule has 1 heterocycles. The predicted molar refractivity (Wildman–Crippen MR) is 88.4 cm³/mol. The molecule has 118 valence electrons. The third-order valence-corrected chi connectivity index (χ3v) is 3.32. The van der Waals surface area contributed by atoms with Crippen LogP contribution in [0.2, 0.25) is 0 Å². The SMILES string of the molecule is CCC(C)NC(=O)c1cc(C)nc(Nc2cccc(C#N)c2)n1. The van der Waals surface area contributed by atoms with Crippen LogP contribution in [0.4, 0.5) is 11.6 Å². The number of hydrogen-bond acceptors (Lipinski definition) is 5. The summed E-state index contributed by atoms with van der Waals surface area (Å²) in [6, 6.07) is 10.8. The Morgan fingerprint density at radius 2 is 2.13 bits per heavy atom. The summed E-state index contributed by atoms with van der Waals surface area (Å²) in [4.78, 5) is 20.7. The molecule has 0 radical (unpaired) electrons. The Bertz CT molecular complexity index is 751. The van der Waals surface area contributed by atoms with E-state index in [2.05, 4.69) is 26.7 Å². The molecule has 6 nitrogen and oxygen atoms in total. The van der Waals surface area contributed by atoms with Gasteiger partial charge in [0.05, 0.1) is 11.6 Å². The number of aryl methyl sites for hydroxylation is 1. The first-order chi connectivity index (χ1) is 11.0. The molecular weight excluding hydrogens is 290 g/mol. The van der Waals surface area contributed by atoms with E-state index in [4.69, 9.17) is 5.26 Å². The fourth-order valence-electron chi connectivity index (χ4n) is 1.94. The highest BCUT2D eigenvalue weighted by Gasteiger charge is 2.12. The van der Waals surface area contributed by atoms with Gasteiger partial charge in [-0.3, -0.25) is 4.79 Å². The largest absolute Gasteiger partial charge is 0.348 e. The Kier molecular flexibility index (Phi) is 5.26. The molecule has 0 spiro atoms. The monoisotopic (exact) mass is 309 g/mol. The third-order valence-electron chi connectivity index (χ3n) is 3.32. The smallest absolute Gasteiger partial charge is 0.270 e. The van der Waals surface area contributed by atoms with E-state index in [0.29, 0.717) is 28.6 Å². The number of amides is 1. The number of carbonyl (C=O) groups excluding carboxylic acids is 1. The van der Waals surface area contributed by atoms with Crippen molar-refractivity contribution in [3.8, 4) is 6.07 Å². The molecule has 0 fully saturated rings. The van der Waals surface area contributed by atoms with Crippen LogP contribution in [-0.4, -0.2) is 21.9 Å². The number of benzene rings is 1. The van der Waals surface area contributed by atoms with E-state index in [0.717, 1.165) is 6.42 Å². The molecule has 0 aliphatic carbocycles. The van der Waals surface area contributed by atoms with Gasteiger partial charge in [-0.2, -0.15) is 5.26 Å². The van der Waals surface area contributed by atoms with E-state index in [1.165, 1.54) is 0 Å². The van der Waals surface area contributed by atoms with Crippen molar-refractivity contribution in [1.82, 2.24) is 15.3 Å². The number of carbonyl (C=O) groups is 1. The number of anilines is 2. The zero-order chi connectivity index (χ0) is 16.8. The minimum atomic E-state index is -0.223. The molecule has 1 atom stereocenters. The molecular formula is C17H19N5O. The maximum atomic E-state index is 12.2. The van der Waals surface area contributed by atoms with Crippen molar-refractivity contribution < 1.29 is 4.79 Å². The highest BCUT2D eigenvalue weighted by atomic mass is 16.1. The van der Waals surface area contributed by atoms with Crippen LogP contribution in [0.3, 0.4) is 0 Å². The molecule has 1 aromatic carbocycles. The van der Waals surface area contributed by atoms with Crippen molar-refractivity contribution >= 4 is 17.5 Å². The van der Waals surface area contributed by atoms with E-state index >= 15 is 0 Å². The summed E-state index contributed by atoms with van der Waals surface area (Å²) in [5.74, 6) is 0.105. The van der Waals surface area contributed by atoms with Gasteiger partial charge in [0, 0.05) is 17.4 Å². The second-order valence-electron chi connectivity index (χ2n) is 5.32. The molecule has 2 aromatic rings. The third kappa shape index (κ3) is 4.51. The summed E-state index contributed by atoms with van der Waals surface area (Å²) < 4.78 is 0. The van der Waals surface area contributed by atoms with Crippen LogP contribution >= 0.6 is 0 Å². The first kappa shape index (κ1) is 16.4. The molecule has 6 heteroatoms. The lowest BCUT2D eigenvalue weighted by Gasteiger charge is -2.12. The van der Waals surface area contributed by atoms with Gasteiger partial charge < -0.3 is 10.6 Å². The Balaban J connectivity index is 2.23. The average molecular weight is 309 g/mol. The molecule has 0 aliphatic heterocycles. The number of hydrogen-bond donors (Lipinski definition) is 2. The van der Waals surface area contributed by atoms with Crippen molar-refractivity contribution in [2.75, 3.05) is 5.32 Å². The molecule has 0 aliphatic rings. The molecule has 1 amide bonds. The van der Waals surface area contributed by atoms with Gasteiger partial charge in [-0.15, -0.1) is 0 Å². The predicted octanol–water partition coefficient (Wildman–Crippen LogP) is 2.93. The molecule has 0 saturated carbocycles. The van der Waals surface area contributed by atoms with Gasteiger partial charge in [-0.1, -0.05) is 13.0 Å². The molecule has 0 saturated heterocycles. The summed E-state index contributed by atoms with van der Waals surface area (Å²) >= 11 is 0. The van der Waals surface area contributed by atoms with Gasteiger partial charge in [0.2, 0.25) is 5.95 Å². The highest BCUT2D eigenvalue weighted by Crippen LogP contribution is 2.15. The summed E-state index contributed by atoms with van der Waals surface area (Å²) in [7, 11) is 0. The number of aromatic nitrogens is 2. The first-order valence-electron chi connectivity index (χ1n) is 7.45. The molecule has 0 bridgehead atoms. The van der Waals surface area contributed by atoms with Gasteiger partial charge in [0.1, 0.15) is 5.69 Å². The summed E-state index contributed by atoms with van der Waals surface area (Å²) in [6.45, 7) is 5.75. The van der Waals surface area contributed by atoms with Gasteiger partial charge in [-0.25, -0.2) is 9.97 Å². The van der Waals surface area contributed by atoms with Crippen LogP contribution in [0.15, 0.2) is 30.3 Å². The Morgan fingerprint density at radius 3 is 2.83 bits per heavy atom. The lowest BCUT2D eigenvalue weighted by Crippen LogP contribution is -2.32. The standard InChI is InChI=1S/C17H19N5O/c1-4-11(2)19-16(23)15-8-12(3)20-17(22-15)21-14-7-5-6-13(9-14)10-18/h5-9,11H,4H2,1-3H3,(H,19,23)(H,20,21,22). The van der Waals surface area contributed by atoms with Gasteiger partial charge >= 0.3 is 0 Å². The fraction of sp³-hybridized carbons (Fsp3) is 0.294. The van der Waals surface area contributed by atoms with Crippen LogP contribution in [0.1, 0.15) is 42.0 Å². The second-order valence-corrected chi connectivity index (χ2v) is 5.32. The Morgan fingerprint density at radius 1 is 1.35 bits per heavy atom. The van der Waals surface area contributed by atoms with Crippen molar-refractivity contribution in [1.29, 1.82) is 5.26 Å². The number of rotatable bonds is 5. The maximum absolute atomic E-state index is 12.2. The van der Waals surface area contributed by atoms with Gasteiger partial charge in [0.25, 0.3) is 5.91 Å². The molecule has 2 N–H and O–H groups in total. The molecule has 2 rings (SSSR count). The highest BCUT2D eigenvalue weighted by molar-refractivity contribution is 5.92. The van der Waals surface area contributed by atoms with Crippen LogP contribution in [-0.2, 0) is 0 Å². The summed E-state index contributed by atoms with van der Waals surface area (Å²) in [6.07, 6.45) is 0.849. The van der Waals surface area contributed by atoms with Crippen molar-refractivity contribution in [3.05, 3.63) is 47.3 Å². The zero-order valence-electron chi connectivity index (χ0n) is 13.4. The molecule has 23 heavy (non-hydrogen) atoms. The molecule has 1 unspecified atom stereocenters. The van der Waals surface area contributed by atoms with E-state index in [-0.39, 0.29) is 11.9 Å². The zero-order valence-corrected chi connectivity index (χ0v) is 13.4. The van der Waals surface area contributed by atoms with E-state index in [1.54, 1.807) is 31.2 Å². The minimum Gasteiger partial charge on any atom is -0.348 e. The van der Waals surface area contributed by atoms with Crippen LogP contribution < -0.4 is 10.6 Å². The van der Waals surface area contributed by atoms with Gasteiger partial charge in [0.15, 0.2) is 0 Å². The van der Waals surface area contributed by atoms with Gasteiger partial charge in [-0.05, 0) is 44.5 Å². The quantitative estimate of drug-likeness (QED) is 0.886. The van der Waals surface area contributed by atoms with E-state index in [9.17, 15) is 4.79 Å². The van der Waals surface area contributed by atoms with Crippen LogP contribution in [0, 0.1) is 18.3 Å². The first-order valence-corrected chi connectivity index (χ1v) is 7.45. The maximum Gasteiger partial charge on any atom is 0.270 e. The second kappa shape index (κ2) is 7.36. The van der Waals surface area contributed by atoms with Crippen molar-refractivity contribution in [3.63, 3.8) is 0 Å². The normalized spacial score (nSPS) is 11.4. The fourth-order valence-corrected chi connectivity index (χ4v) is 1.94. The Hall–Kier alpha value is -2.94. The van der Waals surface area contributed by atoms with Crippen LogP contribution in [0.5, 0.6) is 0 Å². The number of nitrogens with one attached hydrogen (secondary N) is 2. The van der Waals surface area contributed by atoms with E-state index < -0.39 is 0 Å². The van der Waals surface area contributed by atoms with Crippen LogP contribution in [0.25, 0.3) is 0 Å². The summed E-state index contributed by atoms with van der Waals surface area (Å²) in [5.41, 5.74) is 2.24. The Labute approximate surface area is 135 Å². The molecule has 1 aromatic heterocycles. The topological polar surface area (TPSA) is 90.7 Å².